The number of nitro benzene ring substituents is 1. The fourth-order valence-electron chi connectivity index (χ4n) is 3.60. The number of non-ortho nitro benzene ring substituents is 1. The monoisotopic (exact) mass is 367 g/mol. The van der Waals surface area contributed by atoms with Crippen molar-refractivity contribution in [1.82, 2.24) is 0 Å². The van der Waals surface area contributed by atoms with Gasteiger partial charge in [0.15, 0.2) is 6.10 Å². The minimum absolute atomic E-state index is 0.0350. The number of fused-ring (bicyclic) bond motifs is 2. The largest absolute Gasteiger partial charge is 0.477 e. The summed E-state index contributed by atoms with van der Waals surface area (Å²) in [6, 6.07) is 6.10. The molecule has 0 saturated heterocycles. The van der Waals surface area contributed by atoms with Crippen LogP contribution in [0.3, 0.4) is 0 Å². The first-order valence-electron chi connectivity index (χ1n) is 9.34. The lowest BCUT2D eigenvalue weighted by atomic mass is 9.89. The molecule has 2 aliphatic rings. The van der Waals surface area contributed by atoms with Gasteiger partial charge in [0.05, 0.1) is 23.0 Å². The lowest BCUT2D eigenvalue weighted by molar-refractivity contribution is -0.384. The summed E-state index contributed by atoms with van der Waals surface area (Å²) >= 11 is 0. The molecule has 2 aliphatic heterocycles. The molecule has 27 heavy (non-hydrogen) atoms. The molecule has 0 unspecified atom stereocenters. The Bertz CT molecular complexity index is 800. The molecule has 5 nitrogen and oxygen atoms in total. The summed E-state index contributed by atoms with van der Waals surface area (Å²) in [7, 11) is 0. The molecule has 0 saturated carbocycles. The van der Waals surface area contributed by atoms with E-state index in [4.69, 9.17) is 9.47 Å². The van der Waals surface area contributed by atoms with E-state index >= 15 is 0 Å². The average molecular weight is 367 g/mol. The van der Waals surface area contributed by atoms with Crippen LogP contribution in [0.2, 0.25) is 0 Å². The Balaban J connectivity index is 1.89. The molecule has 3 rings (SSSR count). The first-order valence-corrected chi connectivity index (χ1v) is 9.34. The summed E-state index contributed by atoms with van der Waals surface area (Å²) in [5.74, 6) is 6.94. The predicted octanol–water partition coefficient (Wildman–Crippen LogP) is 4.83. The molecule has 0 spiro atoms. The van der Waals surface area contributed by atoms with Crippen molar-refractivity contribution in [2.24, 2.45) is 5.92 Å². The SMILES string of the molecule is C=C(C)[C@H]1[C@@H](Oc2ccc([N+](=O)[O-])cc2)C#CCCCC[C@H]2O[C@@H]1C=C2C. The van der Waals surface area contributed by atoms with Gasteiger partial charge in [-0.2, -0.15) is 0 Å². The zero-order valence-electron chi connectivity index (χ0n) is 15.8. The number of rotatable bonds is 4. The zero-order valence-corrected chi connectivity index (χ0v) is 15.8. The summed E-state index contributed by atoms with van der Waals surface area (Å²) in [4.78, 5) is 10.4. The molecule has 1 aromatic rings. The normalized spacial score (nSPS) is 27.6. The van der Waals surface area contributed by atoms with E-state index in [-0.39, 0.29) is 23.8 Å². The Morgan fingerprint density at radius 3 is 2.74 bits per heavy atom. The molecule has 142 valence electrons. The van der Waals surface area contributed by atoms with Gasteiger partial charge in [0.1, 0.15) is 5.75 Å². The second kappa shape index (κ2) is 8.41. The Morgan fingerprint density at radius 2 is 2.07 bits per heavy atom. The maximum absolute atomic E-state index is 10.9. The summed E-state index contributed by atoms with van der Waals surface area (Å²) in [5.41, 5.74) is 2.24. The highest BCUT2D eigenvalue weighted by molar-refractivity contribution is 5.37. The van der Waals surface area contributed by atoms with Crippen LogP contribution in [0.4, 0.5) is 5.69 Å². The maximum atomic E-state index is 10.9. The third kappa shape index (κ3) is 4.58. The second-order valence-electron chi connectivity index (χ2n) is 7.23. The van der Waals surface area contributed by atoms with Gasteiger partial charge in [-0.25, -0.2) is 0 Å². The van der Waals surface area contributed by atoms with Crippen LogP contribution in [0.15, 0.2) is 48.1 Å². The van der Waals surface area contributed by atoms with Gasteiger partial charge in [0.25, 0.3) is 5.69 Å². The maximum Gasteiger partial charge on any atom is 0.269 e. The van der Waals surface area contributed by atoms with Crippen LogP contribution < -0.4 is 4.74 Å². The molecule has 0 aliphatic carbocycles. The van der Waals surface area contributed by atoms with Crippen LogP contribution in [-0.2, 0) is 4.74 Å². The van der Waals surface area contributed by atoms with Gasteiger partial charge in [-0.05, 0) is 50.8 Å². The van der Waals surface area contributed by atoms with Gasteiger partial charge >= 0.3 is 0 Å². The summed E-state index contributed by atoms with van der Waals surface area (Å²) in [6.07, 6.45) is 5.73. The van der Waals surface area contributed by atoms with Gasteiger partial charge in [-0.3, -0.25) is 10.1 Å². The van der Waals surface area contributed by atoms with Crippen LogP contribution in [0.1, 0.15) is 39.5 Å². The predicted molar refractivity (Wildman–Crippen MR) is 104 cm³/mol. The minimum Gasteiger partial charge on any atom is -0.477 e. The van der Waals surface area contributed by atoms with E-state index in [1.807, 2.05) is 6.92 Å². The van der Waals surface area contributed by atoms with Crippen LogP contribution in [0.25, 0.3) is 0 Å². The van der Waals surface area contributed by atoms with Gasteiger partial charge in [0, 0.05) is 18.6 Å². The molecule has 1 aromatic carbocycles. The Hall–Kier alpha value is -2.58. The fourth-order valence-corrected chi connectivity index (χ4v) is 3.60. The Labute approximate surface area is 160 Å². The highest BCUT2D eigenvalue weighted by Crippen LogP contribution is 2.34. The summed E-state index contributed by atoms with van der Waals surface area (Å²) in [5, 5.41) is 10.9. The molecule has 0 N–H and O–H groups in total. The first kappa shape index (κ1) is 19.2. The number of ether oxygens (including phenoxy) is 2. The quantitative estimate of drug-likeness (QED) is 0.331. The van der Waals surface area contributed by atoms with Gasteiger partial charge in [-0.1, -0.05) is 30.1 Å². The topological polar surface area (TPSA) is 61.6 Å². The van der Waals surface area contributed by atoms with Crippen LogP contribution in [0, 0.1) is 27.9 Å². The summed E-state index contributed by atoms with van der Waals surface area (Å²) < 4.78 is 12.5. The van der Waals surface area contributed by atoms with E-state index < -0.39 is 11.0 Å². The van der Waals surface area contributed by atoms with E-state index in [2.05, 4.69) is 31.4 Å². The van der Waals surface area contributed by atoms with E-state index in [1.54, 1.807) is 12.1 Å². The molecule has 0 amide bonds. The zero-order chi connectivity index (χ0) is 19.4. The molecule has 0 radical (unpaired) electrons. The van der Waals surface area contributed by atoms with Crippen LogP contribution >= 0.6 is 0 Å². The van der Waals surface area contributed by atoms with Crippen molar-refractivity contribution in [1.29, 1.82) is 0 Å². The third-order valence-corrected chi connectivity index (χ3v) is 5.08. The highest BCUT2D eigenvalue weighted by atomic mass is 16.6. The van der Waals surface area contributed by atoms with Crippen molar-refractivity contribution < 1.29 is 14.4 Å². The average Bonchev–Trinajstić information content (AvgIpc) is 2.95. The van der Waals surface area contributed by atoms with Crippen molar-refractivity contribution in [3.8, 4) is 17.6 Å². The van der Waals surface area contributed by atoms with Crippen molar-refractivity contribution in [3.05, 3.63) is 58.2 Å². The molecule has 2 heterocycles. The lowest BCUT2D eigenvalue weighted by Gasteiger charge is -2.29. The van der Waals surface area contributed by atoms with E-state index in [9.17, 15) is 10.1 Å². The molecule has 5 heteroatoms. The summed E-state index contributed by atoms with van der Waals surface area (Å²) in [6.45, 7) is 8.24. The van der Waals surface area contributed by atoms with E-state index in [0.29, 0.717) is 5.75 Å². The van der Waals surface area contributed by atoms with Crippen LogP contribution in [0.5, 0.6) is 5.75 Å². The number of hydrogen-bond donors (Lipinski definition) is 0. The fraction of sp³-hybridized carbons (Fsp3) is 0.455. The molecular formula is C22H25NO4. The van der Waals surface area contributed by atoms with Crippen molar-refractivity contribution >= 4 is 5.69 Å². The molecule has 4 atom stereocenters. The van der Waals surface area contributed by atoms with Gasteiger partial charge < -0.3 is 9.47 Å². The van der Waals surface area contributed by atoms with Crippen molar-refractivity contribution in [2.75, 3.05) is 0 Å². The first-order chi connectivity index (χ1) is 13.0. The molecule has 0 aromatic heterocycles. The number of nitrogens with zero attached hydrogens (tertiary/aromatic N) is 1. The molecule has 2 bridgehead atoms. The van der Waals surface area contributed by atoms with Crippen molar-refractivity contribution in [2.45, 2.75) is 57.8 Å². The smallest absolute Gasteiger partial charge is 0.269 e. The second-order valence-corrected chi connectivity index (χ2v) is 7.23. The highest BCUT2D eigenvalue weighted by Gasteiger charge is 2.36. The van der Waals surface area contributed by atoms with Gasteiger partial charge in [0.2, 0.25) is 0 Å². The molecule has 0 fully saturated rings. The Kier molecular flexibility index (Phi) is 5.98. The number of nitro groups is 1. The number of benzene rings is 1. The standard InChI is InChI=1S/C22H25NO4/c1-15(2)22-20(26-18-12-10-17(11-13-18)23(24)25)9-7-5-4-6-8-19-16(3)14-21(22)27-19/h10-14,19-22H,1,4-6,8H2,2-3H3/t19-,20+,21-,22+/m1/s1. The van der Waals surface area contributed by atoms with Crippen LogP contribution in [-0.4, -0.2) is 23.2 Å². The lowest BCUT2D eigenvalue weighted by Crippen LogP contribution is -2.36. The minimum atomic E-state index is -0.423. The van der Waals surface area contributed by atoms with E-state index in [0.717, 1.165) is 31.3 Å². The third-order valence-electron chi connectivity index (χ3n) is 5.08. The number of hydrogen-bond acceptors (Lipinski definition) is 4. The Morgan fingerprint density at radius 1 is 1.33 bits per heavy atom. The van der Waals surface area contributed by atoms with Crippen molar-refractivity contribution in [3.63, 3.8) is 0 Å². The van der Waals surface area contributed by atoms with E-state index in [1.165, 1.54) is 17.7 Å². The van der Waals surface area contributed by atoms with Gasteiger partial charge in [-0.15, -0.1) is 0 Å². The molecular weight excluding hydrogens is 342 g/mol.